The number of carbonyl (C=O) groups is 2. The third kappa shape index (κ3) is 9.70. The number of alkyl halides is 11. The molecule has 1 heterocycles. The zero-order chi connectivity index (χ0) is 39.0. The van der Waals surface area contributed by atoms with Gasteiger partial charge in [-0.05, 0) is 61.3 Å². The van der Waals surface area contributed by atoms with Crippen molar-refractivity contribution in [1.29, 1.82) is 0 Å². The molecule has 3 unspecified atom stereocenters. The highest BCUT2D eigenvalue weighted by Gasteiger charge is 2.85. The van der Waals surface area contributed by atoms with Crippen molar-refractivity contribution < 1.29 is 86.7 Å². The Morgan fingerprint density at radius 1 is 0.800 bits per heavy atom. The zero-order valence-corrected chi connectivity index (χ0v) is 28.7. The molecule has 0 aromatic carbocycles. The first-order valence-electron chi connectivity index (χ1n) is 14.6. The summed E-state index contributed by atoms with van der Waals surface area (Å²) in [5.74, 6) is -12.0. The van der Waals surface area contributed by atoms with Gasteiger partial charge in [-0.3, -0.25) is 9.59 Å². The Kier molecular flexibility index (Phi) is 17.1. The van der Waals surface area contributed by atoms with Gasteiger partial charge in [0.2, 0.25) is 5.60 Å². The Labute approximate surface area is 286 Å². The Balaban J connectivity index is -0.000000876. The van der Waals surface area contributed by atoms with Crippen LogP contribution in [0.3, 0.4) is 0 Å². The van der Waals surface area contributed by atoms with Gasteiger partial charge in [-0.15, -0.1) is 0 Å². The molecule has 0 saturated carbocycles. The van der Waals surface area contributed by atoms with Crippen molar-refractivity contribution in [2.45, 2.75) is 157 Å². The van der Waals surface area contributed by atoms with Crippen molar-refractivity contribution in [3.8, 4) is 0 Å². The van der Waals surface area contributed by atoms with Crippen LogP contribution in [-0.2, 0) is 33.3 Å². The molecule has 1 aliphatic rings. The summed E-state index contributed by atoms with van der Waals surface area (Å²) in [5, 5.41) is 9.27. The van der Waals surface area contributed by atoms with Crippen LogP contribution in [0.2, 0.25) is 0 Å². The van der Waals surface area contributed by atoms with Crippen LogP contribution >= 0.6 is 0 Å². The highest BCUT2D eigenvalue weighted by molar-refractivity contribution is 5.77. The van der Waals surface area contributed by atoms with E-state index in [0.29, 0.717) is 20.8 Å². The van der Waals surface area contributed by atoms with Crippen LogP contribution in [0.5, 0.6) is 0 Å². The monoisotopic (exact) mass is 762 g/mol. The minimum Gasteiger partial charge on any atom is -0.455 e. The van der Waals surface area contributed by atoms with E-state index in [-0.39, 0.29) is 27.7 Å². The van der Waals surface area contributed by atoms with Crippen molar-refractivity contribution in [2.24, 2.45) is 16.7 Å². The highest BCUT2D eigenvalue weighted by atomic mass is 19.4. The number of hydrogen-bond acceptors (Lipinski definition) is 8. The van der Waals surface area contributed by atoms with Gasteiger partial charge in [0, 0.05) is 13.0 Å². The standard InChI is InChI=1S/C17H27F5O5.C12H18F6O3.2CH4/c1-8-13(4,5)12(23)27-14(6)9-25-16(15(14,18)19,17(20,21)22)26-11(24-7)10(2)3;1-6-8(2,3)7(19)21-9(4,5)10(20,11(13,14)15)12(16,17)18;;/h10-11H,8-9H2,1-7H3;20H,6H2,1-5H3;2*1H4. The Hall–Kier alpha value is -1.99. The first kappa shape index (κ1) is 52.4. The van der Waals surface area contributed by atoms with Crippen LogP contribution in [0.15, 0.2) is 0 Å². The van der Waals surface area contributed by atoms with Crippen LogP contribution in [0.25, 0.3) is 0 Å². The normalized spacial score (nSPS) is 22.4. The van der Waals surface area contributed by atoms with E-state index in [2.05, 4.69) is 14.2 Å². The van der Waals surface area contributed by atoms with E-state index in [0.717, 1.165) is 7.11 Å². The third-order valence-electron chi connectivity index (χ3n) is 8.29. The van der Waals surface area contributed by atoms with Gasteiger partial charge in [-0.2, -0.15) is 48.3 Å². The predicted octanol–water partition coefficient (Wildman–Crippen LogP) is 9.17. The van der Waals surface area contributed by atoms with E-state index in [1.165, 1.54) is 48.5 Å². The summed E-state index contributed by atoms with van der Waals surface area (Å²) in [5.41, 5.74) is -13.7. The second kappa shape index (κ2) is 16.4. The number of aliphatic hydroxyl groups is 1. The summed E-state index contributed by atoms with van der Waals surface area (Å²) in [6, 6.07) is 0. The minimum absolute atomic E-state index is 0. The fraction of sp³-hybridized carbons (Fsp3) is 0.935. The highest BCUT2D eigenvalue weighted by Crippen LogP contribution is 2.57. The number of hydrogen-bond donors (Lipinski definition) is 1. The predicted molar refractivity (Wildman–Crippen MR) is 160 cm³/mol. The molecule has 0 aromatic heterocycles. The summed E-state index contributed by atoms with van der Waals surface area (Å²) >= 11 is 0. The lowest BCUT2D eigenvalue weighted by molar-refractivity contribution is -0.451. The van der Waals surface area contributed by atoms with Crippen LogP contribution in [0, 0.1) is 16.7 Å². The number of carbonyl (C=O) groups excluding carboxylic acids is 2. The lowest BCUT2D eigenvalue weighted by atomic mass is 9.83. The first-order valence-corrected chi connectivity index (χ1v) is 14.6. The zero-order valence-electron chi connectivity index (χ0n) is 28.7. The summed E-state index contributed by atoms with van der Waals surface area (Å²) in [7, 11) is 1.03. The number of ether oxygens (including phenoxy) is 5. The fourth-order valence-electron chi connectivity index (χ4n) is 3.84. The van der Waals surface area contributed by atoms with Gasteiger partial charge in [-0.25, -0.2) is 0 Å². The molecule has 1 fully saturated rings. The molecule has 0 radical (unpaired) electrons. The van der Waals surface area contributed by atoms with Gasteiger partial charge in [0.05, 0.1) is 17.4 Å². The summed E-state index contributed by atoms with van der Waals surface area (Å²) in [6.07, 6.45) is -19.0. The summed E-state index contributed by atoms with van der Waals surface area (Å²) in [6.45, 7) is 11.8. The van der Waals surface area contributed by atoms with Crippen molar-refractivity contribution >= 4 is 11.9 Å². The second-order valence-corrected chi connectivity index (χ2v) is 13.6. The molecular weight excluding hydrogens is 709 g/mol. The second-order valence-electron chi connectivity index (χ2n) is 13.6. The number of halogens is 11. The quantitative estimate of drug-likeness (QED) is 0.126. The van der Waals surface area contributed by atoms with Gasteiger partial charge in [0.15, 0.2) is 11.9 Å². The molecule has 1 N–H and O–H groups in total. The van der Waals surface area contributed by atoms with E-state index < -0.39 is 88.6 Å². The number of esters is 2. The summed E-state index contributed by atoms with van der Waals surface area (Å²) in [4.78, 5) is 24.0. The van der Waals surface area contributed by atoms with Crippen molar-refractivity contribution in [3.05, 3.63) is 0 Å². The topological polar surface area (TPSA) is 101 Å². The maximum absolute atomic E-state index is 15.1. The van der Waals surface area contributed by atoms with Crippen molar-refractivity contribution in [1.82, 2.24) is 0 Å². The van der Waals surface area contributed by atoms with Crippen molar-refractivity contribution in [2.75, 3.05) is 13.7 Å². The average molecular weight is 763 g/mol. The van der Waals surface area contributed by atoms with Gasteiger partial charge < -0.3 is 28.8 Å². The Morgan fingerprint density at radius 2 is 1.18 bits per heavy atom. The molecule has 8 nitrogen and oxygen atoms in total. The lowest BCUT2D eigenvalue weighted by Crippen LogP contribution is -2.70. The number of methoxy groups -OCH3 is 1. The third-order valence-corrected chi connectivity index (χ3v) is 8.29. The molecule has 3 atom stereocenters. The molecule has 0 aromatic rings. The maximum Gasteiger partial charge on any atom is 0.450 e. The SMILES string of the molecule is C.C.CCC(C)(C)C(=O)OC(C)(C)C(O)(C(F)(F)F)C(F)(F)F.CCC(C)(C)C(=O)OC1(C)COC(OC(OC)C(C)C)(C(F)(F)F)C1(F)F. The molecule has 19 heteroatoms. The molecule has 50 heavy (non-hydrogen) atoms. The molecular formula is C31H53F11O8. The van der Waals surface area contributed by atoms with Crippen LogP contribution < -0.4 is 0 Å². The van der Waals surface area contributed by atoms with E-state index in [4.69, 9.17) is 9.47 Å². The van der Waals surface area contributed by atoms with E-state index in [1.54, 1.807) is 6.92 Å². The van der Waals surface area contributed by atoms with Crippen molar-refractivity contribution in [3.63, 3.8) is 0 Å². The van der Waals surface area contributed by atoms with Gasteiger partial charge in [0.25, 0.3) is 5.60 Å². The first-order chi connectivity index (χ1) is 20.9. The molecule has 0 spiro atoms. The van der Waals surface area contributed by atoms with Gasteiger partial charge in [-0.1, -0.05) is 42.5 Å². The van der Waals surface area contributed by atoms with E-state index in [1.807, 2.05) is 0 Å². The van der Waals surface area contributed by atoms with E-state index in [9.17, 15) is 54.2 Å². The largest absolute Gasteiger partial charge is 0.455 e. The molecule has 0 aliphatic carbocycles. The van der Waals surface area contributed by atoms with E-state index >= 15 is 8.78 Å². The van der Waals surface area contributed by atoms with Gasteiger partial charge in [0.1, 0.15) is 0 Å². The molecule has 0 amide bonds. The Morgan fingerprint density at radius 3 is 1.48 bits per heavy atom. The average Bonchev–Trinajstić information content (AvgIpc) is 3.10. The molecule has 1 aliphatic heterocycles. The lowest BCUT2D eigenvalue weighted by Gasteiger charge is -2.44. The minimum atomic E-state index is -6.06. The van der Waals surface area contributed by atoms with Gasteiger partial charge >= 0.3 is 42.2 Å². The summed E-state index contributed by atoms with van der Waals surface area (Å²) < 4.78 is 171. The van der Waals surface area contributed by atoms with Crippen LogP contribution in [0.4, 0.5) is 48.3 Å². The molecule has 0 bridgehead atoms. The smallest absolute Gasteiger partial charge is 0.450 e. The Bertz CT molecular complexity index is 1100. The van der Waals surface area contributed by atoms with Crippen LogP contribution in [0.1, 0.15) is 104 Å². The number of rotatable bonds is 11. The molecule has 302 valence electrons. The fourth-order valence-corrected chi connectivity index (χ4v) is 3.84. The molecule has 1 saturated heterocycles. The molecule has 1 rings (SSSR count). The van der Waals surface area contributed by atoms with Crippen LogP contribution in [-0.4, -0.2) is 84.1 Å². The maximum atomic E-state index is 15.1.